The van der Waals surface area contributed by atoms with Crippen LogP contribution >= 0.6 is 27.5 Å². The van der Waals surface area contributed by atoms with Crippen molar-refractivity contribution in [3.05, 3.63) is 27.5 Å². The van der Waals surface area contributed by atoms with Crippen LogP contribution in [0.3, 0.4) is 0 Å². The Morgan fingerprint density at radius 1 is 1.60 bits per heavy atom. The summed E-state index contributed by atoms with van der Waals surface area (Å²) in [5.74, 6) is 0. The summed E-state index contributed by atoms with van der Waals surface area (Å²) in [5.41, 5.74) is 0.300. The lowest BCUT2D eigenvalue weighted by Crippen LogP contribution is -2.18. The van der Waals surface area contributed by atoms with Crippen molar-refractivity contribution in [3.63, 3.8) is 0 Å². The largest absolute Gasteiger partial charge is 0.389 e. The van der Waals surface area contributed by atoms with Crippen molar-refractivity contribution in [2.24, 2.45) is 0 Å². The van der Waals surface area contributed by atoms with Crippen molar-refractivity contribution < 1.29 is 10.2 Å². The molecule has 0 amide bonds. The molecule has 1 aromatic heterocycles. The summed E-state index contributed by atoms with van der Waals surface area (Å²) >= 11 is 8.92. The third-order valence-electron chi connectivity index (χ3n) is 1.82. The first-order valence-electron chi connectivity index (χ1n) is 4.10. The number of pyridine rings is 1. The van der Waals surface area contributed by atoms with Crippen LogP contribution in [0.2, 0.25) is 5.15 Å². The van der Waals surface area contributed by atoms with E-state index in [9.17, 15) is 10.2 Å². The third kappa shape index (κ3) is 3.14. The Kier molecular flexibility index (Phi) is 4.48. The number of nitriles is 1. The summed E-state index contributed by atoms with van der Waals surface area (Å²) in [6.07, 6.45) is -1.05. The molecule has 15 heavy (non-hydrogen) atoms. The predicted molar refractivity (Wildman–Crippen MR) is 58.1 cm³/mol. The van der Waals surface area contributed by atoms with E-state index in [1.807, 2.05) is 0 Å². The van der Waals surface area contributed by atoms with Gasteiger partial charge in [0.05, 0.1) is 18.6 Å². The zero-order valence-corrected chi connectivity index (χ0v) is 9.90. The van der Waals surface area contributed by atoms with Crippen LogP contribution in [0.4, 0.5) is 0 Å². The Hall–Kier alpha value is -0.670. The van der Waals surface area contributed by atoms with Crippen molar-refractivity contribution in [1.29, 1.82) is 5.26 Å². The molecule has 0 radical (unpaired) electrons. The maximum Gasteiger partial charge on any atom is 0.134 e. The fourth-order valence-corrected chi connectivity index (χ4v) is 1.62. The van der Waals surface area contributed by atoms with Crippen LogP contribution in [-0.2, 0) is 0 Å². The average Bonchev–Trinajstić information content (AvgIpc) is 2.21. The smallest absolute Gasteiger partial charge is 0.134 e. The number of aliphatic hydroxyl groups is 2. The highest BCUT2D eigenvalue weighted by molar-refractivity contribution is 9.10. The molecule has 80 valence electrons. The molecule has 6 heteroatoms. The second kappa shape index (κ2) is 5.42. The van der Waals surface area contributed by atoms with Gasteiger partial charge in [0.15, 0.2) is 0 Å². The van der Waals surface area contributed by atoms with Crippen LogP contribution in [0.1, 0.15) is 18.1 Å². The molecule has 0 saturated heterocycles. The van der Waals surface area contributed by atoms with Gasteiger partial charge in [-0.2, -0.15) is 5.26 Å². The zero-order valence-electron chi connectivity index (χ0n) is 7.56. The van der Waals surface area contributed by atoms with Gasteiger partial charge in [0.25, 0.3) is 0 Å². The fraction of sp³-hybridized carbons (Fsp3) is 0.333. The minimum absolute atomic E-state index is 0.114. The Morgan fingerprint density at radius 2 is 2.27 bits per heavy atom. The first kappa shape index (κ1) is 12.4. The van der Waals surface area contributed by atoms with Crippen molar-refractivity contribution in [1.82, 2.24) is 4.98 Å². The normalized spacial score (nSPS) is 14.3. The maximum absolute atomic E-state index is 9.68. The van der Waals surface area contributed by atoms with Gasteiger partial charge in [-0.25, -0.2) is 4.98 Å². The standard InChI is InChI=1S/C9H8BrClN2O2/c10-5-3-6(9(11)13-4-5)8(15)7(14)1-2-12/h3-4,7-8,14-15H,1H2. The van der Waals surface area contributed by atoms with E-state index in [4.69, 9.17) is 16.9 Å². The Balaban J connectivity index is 2.95. The lowest BCUT2D eigenvalue weighted by atomic mass is 10.0. The van der Waals surface area contributed by atoms with Gasteiger partial charge < -0.3 is 10.2 Å². The van der Waals surface area contributed by atoms with Crippen molar-refractivity contribution in [2.45, 2.75) is 18.6 Å². The van der Waals surface area contributed by atoms with E-state index in [1.165, 1.54) is 6.20 Å². The van der Waals surface area contributed by atoms with Gasteiger partial charge in [-0.15, -0.1) is 0 Å². The second-order valence-electron chi connectivity index (χ2n) is 2.91. The van der Waals surface area contributed by atoms with Crippen LogP contribution in [0, 0.1) is 11.3 Å². The SMILES string of the molecule is N#CCC(O)C(O)c1cc(Br)cnc1Cl. The van der Waals surface area contributed by atoms with E-state index in [0.29, 0.717) is 10.0 Å². The van der Waals surface area contributed by atoms with Gasteiger partial charge in [-0.1, -0.05) is 11.6 Å². The average molecular weight is 292 g/mol. The number of hydrogen-bond donors (Lipinski definition) is 2. The molecule has 0 aliphatic heterocycles. The minimum atomic E-state index is -1.21. The zero-order chi connectivity index (χ0) is 11.4. The molecular weight excluding hydrogens is 283 g/mol. The van der Waals surface area contributed by atoms with Gasteiger partial charge in [-0.05, 0) is 22.0 Å². The Bertz CT molecular complexity index is 394. The molecule has 0 saturated carbocycles. The van der Waals surface area contributed by atoms with Crippen LogP contribution < -0.4 is 0 Å². The molecule has 1 aromatic rings. The fourth-order valence-electron chi connectivity index (χ4n) is 1.06. The van der Waals surface area contributed by atoms with Gasteiger partial charge >= 0.3 is 0 Å². The van der Waals surface area contributed by atoms with Crippen LogP contribution in [0.25, 0.3) is 0 Å². The summed E-state index contributed by atoms with van der Waals surface area (Å²) in [5, 5.41) is 27.6. The number of aromatic nitrogens is 1. The lowest BCUT2D eigenvalue weighted by Gasteiger charge is -2.16. The van der Waals surface area contributed by atoms with Gasteiger partial charge in [0.1, 0.15) is 11.3 Å². The molecule has 1 rings (SSSR count). The molecule has 0 aliphatic rings. The summed E-state index contributed by atoms with van der Waals surface area (Å²) in [6, 6.07) is 3.32. The molecule has 2 atom stereocenters. The quantitative estimate of drug-likeness (QED) is 0.833. The van der Waals surface area contributed by atoms with Crippen molar-refractivity contribution >= 4 is 27.5 Å². The van der Waals surface area contributed by atoms with Crippen molar-refractivity contribution in [3.8, 4) is 6.07 Å². The second-order valence-corrected chi connectivity index (χ2v) is 4.18. The molecule has 0 aliphatic carbocycles. The lowest BCUT2D eigenvalue weighted by molar-refractivity contribution is 0.0214. The number of halogens is 2. The molecule has 0 aromatic carbocycles. The van der Waals surface area contributed by atoms with E-state index < -0.39 is 12.2 Å². The molecule has 2 N–H and O–H groups in total. The minimum Gasteiger partial charge on any atom is -0.389 e. The summed E-state index contributed by atoms with van der Waals surface area (Å²) in [6.45, 7) is 0. The predicted octanol–water partition coefficient (Wildman–Crippen LogP) is 1.81. The monoisotopic (exact) mass is 290 g/mol. The third-order valence-corrected chi connectivity index (χ3v) is 2.57. The number of nitrogens with zero attached hydrogens (tertiary/aromatic N) is 2. The van der Waals surface area contributed by atoms with E-state index >= 15 is 0 Å². The maximum atomic E-state index is 9.68. The van der Waals surface area contributed by atoms with Crippen LogP contribution in [-0.4, -0.2) is 21.3 Å². The topological polar surface area (TPSA) is 77.1 Å². The number of rotatable bonds is 3. The molecule has 0 bridgehead atoms. The highest BCUT2D eigenvalue weighted by Gasteiger charge is 2.21. The van der Waals surface area contributed by atoms with E-state index in [2.05, 4.69) is 20.9 Å². The summed E-state index contributed by atoms with van der Waals surface area (Å²) < 4.78 is 0.644. The van der Waals surface area contributed by atoms with E-state index in [0.717, 1.165) is 0 Å². The Labute approximate surface area is 100 Å². The summed E-state index contributed by atoms with van der Waals surface area (Å²) in [4.78, 5) is 3.81. The van der Waals surface area contributed by atoms with Crippen LogP contribution in [0.5, 0.6) is 0 Å². The molecule has 2 unspecified atom stereocenters. The van der Waals surface area contributed by atoms with Gasteiger partial charge in [0, 0.05) is 16.2 Å². The number of hydrogen-bond acceptors (Lipinski definition) is 4. The number of aliphatic hydroxyl groups excluding tert-OH is 2. The van der Waals surface area contributed by atoms with Crippen molar-refractivity contribution in [2.75, 3.05) is 0 Å². The van der Waals surface area contributed by atoms with E-state index in [-0.39, 0.29) is 11.6 Å². The molecule has 0 fully saturated rings. The molecule has 1 heterocycles. The first-order valence-corrected chi connectivity index (χ1v) is 5.27. The van der Waals surface area contributed by atoms with Gasteiger partial charge in [-0.3, -0.25) is 0 Å². The Morgan fingerprint density at radius 3 is 2.87 bits per heavy atom. The highest BCUT2D eigenvalue weighted by Crippen LogP contribution is 2.27. The first-order chi connectivity index (χ1) is 7.06. The summed E-state index contributed by atoms with van der Waals surface area (Å²) in [7, 11) is 0. The van der Waals surface area contributed by atoms with Gasteiger partial charge in [0.2, 0.25) is 0 Å². The van der Waals surface area contributed by atoms with Crippen LogP contribution in [0.15, 0.2) is 16.7 Å². The molecule has 4 nitrogen and oxygen atoms in total. The molecule has 0 spiro atoms. The van der Waals surface area contributed by atoms with E-state index in [1.54, 1.807) is 12.1 Å². The molecular formula is C9H8BrClN2O2. The highest BCUT2D eigenvalue weighted by atomic mass is 79.9.